The Morgan fingerprint density at radius 2 is 2.05 bits per heavy atom. The lowest BCUT2D eigenvalue weighted by molar-refractivity contribution is -0.276. The summed E-state index contributed by atoms with van der Waals surface area (Å²) in [5.41, 5.74) is -0.165. The van der Waals surface area contributed by atoms with Crippen LogP contribution in [0.3, 0.4) is 0 Å². The van der Waals surface area contributed by atoms with Gasteiger partial charge in [0.25, 0.3) is 5.88 Å². The van der Waals surface area contributed by atoms with Gasteiger partial charge in [0.1, 0.15) is 6.67 Å². The molecule has 9 heteroatoms. The molecule has 0 unspecified atom stereocenters. The third-order valence-corrected chi connectivity index (χ3v) is 2.38. The van der Waals surface area contributed by atoms with Crippen LogP contribution in [0.2, 0.25) is 0 Å². The zero-order valence-corrected chi connectivity index (χ0v) is 11.3. The van der Waals surface area contributed by atoms with Gasteiger partial charge in [0.05, 0.1) is 20.1 Å². The van der Waals surface area contributed by atoms with Crippen LogP contribution in [-0.2, 0) is 22.6 Å². The van der Waals surface area contributed by atoms with Gasteiger partial charge in [-0.25, -0.2) is 9.37 Å². The van der Waals surface area contributed by atoms with E-state index < -0.39 is 30.6 Å². The SMILES string of the molecule is CCOC(=O)Cc1cnc(OC(F)(F)F)c(OC)c1CF. The van der Waals surface area contributed by atoms with E-state index in [2.05, 4.69) is 14.5 Å². The highest BCUT2D eigenvalue weighted by Gasteiger charge is 2.34. The van der Waals surface area contributed by atoms with E-state index >= 15 is 0 Å². The lowest BCUT2D eigenvalue weighted by Crippen LogP contribution is -2.19. The van der Waals surface area contributed by atoms with Crippen molar-refractivity contribution in [1.29, 1.82) is 0 Å². The maximum Gasteiger partial charge on any atom is 0.574 e. The molecule has 1 heterocycles. The van der Waals surface area contributed by atoms with E-state index in [1.165, 1.54) is 0 Å². The number of aromatic nitrogens is 1. The van der Waals surface area contributed by atoms with Gasteiger partial charge in [-0.2, -0.15) is 0 Å². The van der Waals surface area contributed by atoms with Gasteiger partial charge in [0.15, 0.2) is 5.75 Å². The fraction of sp³-hybridized carbons (Fsp3) is 0.500. The van der Waals surface area contributed by atoms with Crippen molar-refractivity contribution in [2.24, 2.45) is 0 Å². The normalized spacial score (nSPS) is 11.1. The van der Waals surface area contributed by atoms with E-state index in [1.807, 2.05) is 0 Å². The van der Waals surface area contributed by atoms with Crippen LogP contribution in [0, 0.1) is 0 Å². The van der Waals surface area contributed by atoms with E-state index in [4.69, 9.17) is 4.74 Å². The monoisotopic (exact) mass is 311 g/mol. The van der Waals surface area contributed by atoms with Crippen molar-refractivity contribution < 1.29 is 36.6 Å². The van der Waals surface area contributed by atoms with E-state index in [0.717, 1.165) is 13.3 Å². The largest absolute Gasteiger partial charge is 0.574 e. The molecule has 5 nitrogen and oxygen atoms in total. The highest BCUT2D eigenvalue weighted by molar-refractivity contribution is 5.73. The number of alkyl halides is 4. The molecule has 0 spiro atoms. The molecule has 0 saturated carbocycles. The molecule has 0 aromatic carbocycles. The summed E-state index contributed by atoms with van der Waals surface area (Å²) in [6.07, 6.45) is -4.39. The molecule has 1 rings (SSSR count). The summed E-state index contributed by atoms with van der Waals surface area (Å²) in [6, 6.07) is 0. The van der Waals surface area contributed by atoms with Crippen LogP contribution in [0.25, 0.3) is 0 Å². The van der Waals surface area contributed by atoms with Gasteiger partial charge in [0.2, 0.25) is 0 Å². The lowest BCUT2D eigenvalue weighted by atomic mass is 10.1. The summed E-state index contributed by atoms with van der Waals surface area (Å²) < 4.78 is 62.8. The fourth-order valence-electron chi connectivity index (χ4n) is 1.61. The molecule has 0 aliphatic rings. The van der Waals surface area contributed by atoms with Gasteiger partial charge in [-0.05, 0) is 12.5 Å². The Bertz CT molecular complexity index is 505. The van der Waals surface area contributed by atoms with Crippen LogP contribution >= 0.6 is 0 Å². The number of methoxy groups -OCH3 is 1. The average Bonchev–Trinajstić information content (AvgIpc) is 2.38. The third-order valence-electron chi connectivity index (χ3n) is 2.38. The molecule has 0 saturated heterocycles. The Hall–Kier alpha value is -2.06. The molecular weight excluding hydrogens is 298 g/mol. The Morgan fingerprint density at radius 3 is 2.52 bits per heavy atom. The number of carbonyl (C=O) groups excluding carboxylic acids is 1. The minimum Gasteiger partial charge on any atom is -0.491 e. The number of hydrogen-bond donors (Lipinski definition) is 0. The summed E-state index contributed by atoms with van der Waals surface area (Å²) >= 11 is 0. The first kappa shape index (κ1) is 17.0. The van der Waals surface area contributed by atoms with Gasteiger partial charge in [-0.1, -0.05) is 0 Å². The van der Waals surface area contributed by atoms with Crippen LogP contribution in [-0.4, -0.2) is 31.0 Å². The zero-order valence-electron chi connectivity index (χ0n) is 11.3. The summed E-state index contributed by atoms with van der Waals surface area (Å²) in [4.78, 5) is 14.8. The topological polar surface area (TPSA) is 57.7 Å². The lowest BCUT2D eigenvalue weighted by Gasteiger charge is -2.15. The first-order valence-electron chi connectivity index (χ1n) is 5.84. The van der Waals surface area contributed by atoms with Gasteiger partial charge in [-0.3, -0.25) is 4.79 Å². The molecule has 0 atom stereocenters. The number of ether oxygens (including phenoxy) is 3. The molecule has 0 amide bonds. The van der Waals surface area contributed by atoms with E-state index in [-0.39, 0.29) is 24.2 Å². The van der Waals surface area contributed by atoms with Gasteiger partial charge in [-0.15, -0.1) is 13.2 Å². The van der Waals surface area contributed by atoms with Gasteiger partial charge < -0.3 is 14.2 Å². The van der Waals surface area contributed by atoms with Gasteiger partial charge >= 0.3 is 12.3 Å². The molecule has 0 aliphatic carbocycles. The van der Waals surface area contributed by atoms with E-state index in [9.17, 15) is 22.4 Å². The van der Waals surface area contributed by atoms with Crippen LogP contribution in [0.4, 0.5) is 17.6 Å². The highest BCUT2D eigenvalue weighted by atomic mass is 19.4. The van der Waals surface area contributed by atoms with Crippen LogP contribution in [0.5, 0.6) is 11.6 Å². The highest BCUT2D eigenvalue weighted by Crippen LogP contribution is 2.35. The minimum absolute atomic E-state index is 0.0716. The Balaban J connectivity index is 3.16. The number of carbonyl (C=O) groups is 1. The molecular formula is C12H13F4NO4. The second-order valence-electron chi connectivity index (χ2n) is 3.76. The molecule has 1 aromatic rings. The van der Waals surface area contributed by atoms with E-state index in [1.54, 1.807) is 6.92 Å². The number of esters is 1. The van der Waals surface area contributed by atoms with Crippen molar-refractivity contribution in [2.75, 3.05) is 13.7 Å². The first-order chi connectivity index (χ1) is 9.82. The van der Waals surface area contributed by atoms with Crippen molar-refractivity contribution in [3.8, 4) is 11.6 Å². The second-order valence-corrected chi connectivity index (χ2v) is 3.76. The molecule has 0 radical (unpaired) electrons. The Kier molecular flexibility index (Phi) is 5.74. The number of halogens is 4. The Labute approximate surface area is 117 Å². The van der Waals surface area contributed by atoms with Gasteiger partial charge in [0, 0.05) is 11.8 Å². The number of rotatable bonds is 6. The van der Waals surface area contributed by atoms with Crippen molar-refractivity contribution in [3.05, 3.63) is 17.3 Å². The molecule has 21 heavy (non-hydrogen) atoms. The average molecular weight is 311 g/mol. The summed E-state index contributed by atoms with van der Waals surface area (Å²) in [6.45, 7) is 0.575. The van der Waals surface area contributed by atoms with Crippen molar-refractivity contribution in [3.63, 3.8) is 0 Å². The maximum atomic E-state index is 13.1. The van der Waals surface area contributed by atoms with Crippen molar-refractivity contribution >= 4 is 5.97 Å². The second kappa shape index (κ2) is 7.09. The van der Waals surface area contributed by atoms with Crippen molar-refractivity contribution in [1.82, 2.24) is 4.98 Å². The molecule has 0 N–H and O–H groups in total. The molecule has 0 fully saturated rings. The maximum absolute atomic E-state index is 13.1. The fourth-order valence-corrected chi connectivity index (χ4v) is 1.61. The predicted molar refractivity (Wildman–Crippen MR) is 62.6 cm³/mol. The van der Waals surface area contributed by atoms with Crippen LogP contribution in [0.15, 0.2) is 6.20 Å². The summed E-state index contributed by atoms with van der Waals surface area (Å²) in [5.74, 6) is -2.07. The number of hydrogen-bond acceptors (Lipinski definition) is 5. The summed E-state index contributed by atoms with van der Waals surface area (Å²) in [7, 11) is 1.05. The predicted octanol–water partition coefficient (Wildman–Crippen LogP) is 2.56. The minimum atomic E-state index is -4.99. The summed E-state index contributed by atoms with van der Waals surface area (Å²) in [5, 5.41) is 0. The van der Waals surface area contributed by atoms with E-state index in [0.29, 0.717) is 0 Å². The molecule has 0 aliphatic heterocycles. The molecule has 118 valence electrons. The van der Waals surface area contributed by atoms with Crippen LogP contribution < -0.4 is 9.47 Å². The molecule has 0 bridgehead atoms. The Morgan fingerprint density at radius 1 is 1.38 bits per heavy atom. The zero-order chi connectivity index (χ0) is 16.0. The first-order valence-corrected chi connectivity index (χ1v) is 5.84. The van der Waals surface area contributed by atoms with Crippen LogP contribution in [0.1, 0.15) is 18.1 Å². The quantitative estimate of drug-likeness (QED) is 0.597. The number of pyridine rings is 1. The number of nitrogens with zero attached hydrogens (tertiary/aromatic N) is 1. The molecule has 1 aromatic heterocycles. The smallest absolute Gasteiger partial charge is 0.491 e. The van der Waals surface area contributed by atoms with Crippen molar-refractivity contribution in [2.45, 2.75) is 26.4 Å². The standard InChI is InChI=1S/C12H13F4NO4/c1-3-20-9(18)4-7-6-17-11(21-12(14,15)16)10(19-2)8(7)5-13/h6H,3-5H2,1-2H3. The third kappa shape index (κ3) is 4.76.